The van der Waals surface area contributed by atoms with E-state index >= 15 is 0 Å². The maximum absolute atomic E-state index is 12.7. The highest BCUT2D eigenvalue weighted by Crippen LogP contribution is 2.29. The summed E-state index contributed by atoms with van der Waals surface area (Å²) >= 11 is 0. The summed E-state index contributed by atoms with van der Waals surface area (Å²) in [7, 11) is 0.202. The largest absolute Gasteiger partial charge is 0.339 e. The predicted octanol–water partition coefficient (Wildman–Crippen LogP) is 1.03. The molecule has 0 radical (unpaired) electrons. The van der Waals surface area contributed by atoms with Crippen molar-refractivity contribution in [3.63, 3.8) is 0 Å². The minimum Gasteiger partial charge on any atom is -0.339 e. The highest BCUT2D eigenvalue weighted by molar-refractivity contribution is 7.89. The molecule has 0 amide bonds. The monoisotopic (exact) mass is 323 g/mol. The van der Waals surface area contributed by atoms with E-state index in [9.17, 15) is 8.42 Å². The van der Waals surface area contributed by atoms with Crippen LogP contribution in [0.1, 0.15) is 30.3 Å². The maximum Gasteiger partial charge on any atom is 0.262 e. The summed E-state index contributed by atoms with van der Waals surface area (Å²) in [6.07, 6.45) is 6.82. The van der Waals surface area contributed by atoms with Crippen molar-refractivity contribution in [3.8, 4) is 0 Å². The molecule has 2 aromatic rings. The lowest BCUT2D eigenvalue weighted by molar-refractivity contribution is 0.305. The van der Waals surface area contributed by atoms with Gasteiger partial charge in [-0.05, 0) is 19.8 Å². The SMILES string of the molecule is Cc1cn(C)c([C@H]2CCCN(S(=O)(=O)c3cn(C)cn3)C2)n1. The van der Waals surface area contributed by atoms with Gasteiger partial charge in [0.05, 0.1) is 12.0 Å². The van der Waals surface area contributed by atoms with E-state index in [0.29, 0.717) is 13.1 Å². The molecular formula is C14H21N5O2S. The van der Waals surface area contributed by atoms with Gasteiger partial charge in [0, 0.05) is 45.5 Å². The fourth-order valence-corrected chi connectivity index (χ4v) is 4.53. The number of rotatable bonds is 3. The Morgan fingerprint density at radius 1 is 1.27 bits per heavy atom. The number of hydrogen-bond acceptors (Lipinski definition) is 4. The number of aryl methyl sites for hydroxylation is 3. The van der Waals surface area contributed by atoms with Crippen molar-refractivity contribution in [1.29, 1.82) is 0 Å². The first-order valence-electron chi connectivity index (χ1n) is 7.36. The molecule has 0 bridgehead atoms. The molecule has 1 aliphatic rings. The topological polar surface area (TPSA) is 73.0 Å². The molecule has 120 valence electrons. The second-order valence-corrected chi connectivity index (χ2v) is 7.82. The van der Waals surface area contributed by atoms with Crippen molar-refractivity contribution in [2.24, 2.45) is 14.1 Å². The summed E-state index contributed by atoms with van der Waals surface area (Å²) in [6.45, 7) is 2.96. The predicted molar refractivity (Wildman–Crippen MR) is 81.9 cm³/mol. The fraction of sp³-hybridized carbons (Fsp3) is 0.571. The van der Waals surface area contributed by atoms with E-state index in [1.807, 2.05) is 24.7 Å². The minimum atomic E-state index is -3.52. The lowest BCUT2D eigenvalue weighted by Crippen LogP contribution is -2.39. The molecule has 1 fully saturated rings. The Balaban J connectivity index is 1.85. The molecule has 1 aliphatic heterocycles. The molecule has 0 aliphatic carbocycles. The Morgan fingerprint density at radius 2 is 2.05 bits per heavy atom. The van der Waals surface area contributed by atoms with Crippen LogP contribution in [0.5, 0.6) is 0 Å². The van der Waals surface area contributed by atoms with Crippen LogP contribution in [0.4, 0.5) is 0 Å². The summed E-state index contributed by atoms with van der Waals surface area (Å²) in [5.41, 5.74) is 0.960. The maximum atomic E-state index is 12.7. The van der Waals surface area contributed by atoms with E-state index in [2.05, 4.69) is 9.97 Å². The van der Waals surface area contributed by atoms with Crippen LogP contribution in [0.3, 0.4) is 0 Å². The van der Waals surface area contributed by atoms with Gasteiger partial charge in [-0.15, -0.1) is 0 Å². The molecule has 0 unspecified atom stereocenters. The van der Waals surface area contributed by atoms with Gasteiger partial charge in [-0.1, -0.05) is 0 Å². The Bertz CT molecular complexity index is 777. The number of imidazole rings is 2. The molecule has 0 N–H and O–H groups in total. The zero-order chi connectivity index (χ0) is 15.9. The third kappa shape index (κ3) is 2.68. The molecule has 0 saturated carbocycles. The Kier molecular flexibility index (Phi) is 3.82. The van der Waals surface area contributed by atoms with Crippen molar-refractivity contribution < 1.29 is 8.42 Å². The quantitative estimate of drug-likeness (QED) is 0.846. The summed E-state index contributed by atoms with van der Waals surface area (Å²) in [5.74, 6) is 1.09. The fourth-order valence-electron chi connectivity index (χ4n) is 3.04. The zero-order valence-electron chi connectivity index (χ0n) is 13.1. The highest BCUT2D eigenvalue weighted by Gasteiger charge is 2.33. The number of nitrogens with zero attached hydrogens (tertiary/aromatic N) is 5. The van der Waals surface area contributed by atoms with E-state index in [1.165, 1.54) is 10.6 Å². The Labute approximate surface area is 130 Å². The molecule has 0 spiro atoms. The lowest BCUT2D eigenvalue weighted by Gasteiger charge is -2.31. The molecule has 22 heavy (non-hydrogen) atoms. The first kappa shape index (κ1) is 15.2. The average molecular weight is 323 g/mol. The zero-order valence-corrected chi connectivity index (χ0v) is 13.9. The van der Waals surface area contributed by atoms with E-state index in [0.717, 1.165) is 24.4 Å². The smallest absolute Gasteiger partial charge is 0.262 e. The van der Waals surface area contributed by atoms with Crippen LogP contribution in [0.25, 0.3) is 0 Å². The van der Waals surface area contributed by atoms with Crippen molar-refractivity contribution in [2.75, 3.05) is 13.1 Å². The van der Waals surface area contributed by atoms with Gasteiger partial charge in [-0.3, -0.25) is 0 Å². The lowest BCUT2D eigenvalue weighted by atomic mass is 9.99. The normalized spacial score (nSPS) is 20.4. The van der Waals surface area contributed by atoms with Crippen LogP contribution < -0.4 is 0 Å². The molecule has 1 atom stereocenters. The van der Waals surface area contributed by atoms with Crippen molar-refractivity contribution in [1.82, 2.24) is 23.4 Å². The third-order valence-corrected chi connectivity index (χ3v) is 5.82. The van der Waals surface area contributed by atoms with Gasteiger partial charge in [0.15, 0.2) is 5.03 Å². The first-order valence-corrected chi connectivity index (χ1v) is 8.80. The summed E-state index contributed by atoms with van der Waals surface area (Å²) in [5, 5.41) is 0.117. The van der Waals surface area contributed by atoms with Gasteiger partial charge in [0.2, 0.25) is 0 Å². The third-order valence-electron chi connectivity index (χ3n) is 4.07. The number of hydrogen-bond donors (Lipinski definition) is 0. The minimum absolute atomic E-state index is 0.117. The van der Waals surface area contributed by atoms with E-state index in [1.54, 1.807) is 17.8 Å². The number of piperidine rings is 1. The van der Waals surface area contributed by atoms with Gasteiger partial charge in [-0.2, -0.15) is 4.31 Å². The van der Waals surface area contributed by atoms with Crippen LogP contribution in [0, 0.1) is 6.92 Å². The van der Waals surface area contributed by atoms with Gasteiger partial charge in [0.25, 0.3) is 10.0 Å². The molecule has 7 nitrogen and oxygen atoms in total. The van der Waals surface area contributed by atoms with Crippen LogP contribution in [-0.2, 0) is 24.1 Å². The average Bonchev–Trinajstić information content (AvgIpc) is 3.05. The van der Waals surface area contributed by atoms with Gasteiger partial charge in [0.1, 0.15) is 5.82 Å². The van der Waals surface area contributed by atoms with Crippen molar-refractivity contribution in [2.45, 2.75) is 30.7 Å². The summed E-state index contributed by atoms with van der Waals surface area (Å²) in [6, 6.07) is 0. The van der Waals surface area contributed by atoms with E-state index in [-0.39, 0.29) is 10.9 Å². The van der Waals surface area contributed by atoms with Crippen LogP contribution in [-0.4, -0.2) is 44.9 Å². The molecule has 0 aromatic carbocycles. The standard InChI is InChI=1S/C14H21N5O2S/c1-11-7-18(3)14(16-11)12-5-4-6-19(8-12)22(20,21)13-9-17(2)10-15-13/h7,9-10,12H,4-6,8H2,1-3H3/t12-/m0/s1. The number of sulfonamides is 1. The molecular weight excluding hydrogens is 302 g/mol. The second kappa shape index (κ2) is 5.51. The summed E-state index contributed by atoms with van der Waals surface area (Å²) < 4.78 is 30.6. The van der Waals surface area contributed by atoms with Crippen molar-refractivity contribution >= 4 is 10.0 Å². The van der Waals surface area contributed by atoms with Gasteiger partial charge in [-0.25, -0.2) is 18.4 Å². The number of aromatic nitrogens is 4. The van der Waals surface area contributed by atoms with Crippen LogP contribution in [0.2, 0.25) is 0 Å². The molecule has 3 heterocycles. The molecule has 2 aromatic heterocycles. The molecule has 1 saturated heterocycles. The van der Waals surface area contributed by atoms with Crippen molar-refractivity contribution in [3.05, 3.63) is 30.2 Å². The summed E-state index contributed by atoms with van der Waals surface area (Å²) in [4.78, 5) is 8.54. The van der Waals surface area contributed by atoms with Crippen LogP contribution >= 0.6 is 0 Å². The van der Waals surface area contributed by atoms with E-state index < -0.39 is 10.0 Å². The highest BCUT2D eigenvalue weighted by atomic mass is 32.2. The molecule has 8 heteroatoms. The van der Waals surface area contributed by atoms with Crippen LogP contribution in [0.15, 0.2) is 23.7 Å². The molecule has 3 rings (SSSR count). The van der Waals surface area contributed by atoms with Gasteiger partial charge >= 0.3 is 0 Å². The Morgan fingerprint density at radius 3 is 2.64 bits per heavy atom. The second-order valence-electron chi connectivity index (χ2n) is 5.93. The van der Waals surface area contributed by atoms with Gasteiger partial charge < -0.3 is 9.13 Å². The van der Waals surface area contributed by atoms with E-state index in [4.69, 9.17) is 0 Å². The Hall–Kier alpha value is -1.67. The first-order chi connectivity index (χ1) is 10.4.